The summed E-state index contributed by atoms with van der Waals surface area (Å²) in [5.41, 5.74) is 0.596. The van der Waals surface area contributed by atoms with Gasteiger partial charge in [-0.2, -0.15) is 0 Å². The Hall–Kier alpha value is -3.66. The molecule has 200 valence electrons. The number of oxazole rings is 1. The maximum Gasteiger partial charge on any atom is 0.255 e. The lowest BCUT2D eigenvalue weighted by atomic mass is 9.93. The average molecular weight is 525 g/mol. The highest BCUT2D eigenvalue weighted by Crippen LogP contribution is 2.38. The third-order valence-corrected chi connectivity index (χ3v) is 6.64. The summed E-state index contributed by atoms with van der Waals surface area (Å²) in [7, 11) is 0. The van der Waals surface area contributed by atoms with Gasteiger partial charge in [-0.25, -0.2) is 13.8 Å². The molecule has 0 aliphatic rings. The van der Waals surface area contributed by atoms with E-state index in [0.717, 1.165) is 23.3 Å². The number of aliphatic hydroxyl groups excluding tert-OH is 2. The lowest BCUT2D eigenvalue weighted by Crippen LogP contribution is -2.31. The van der Waals surface area contributed by atoms with Crippen LogP contribution in [0.1, 0.15) is 43.4 Å². The highest BCUT2D eigenvalue weighted by Gasteiger charge is 2.34. The molecule has 0 unspecified atom stereocenters. The van der Waals surface area contributed by atoms with Crippen LogP contribution < -0.4 is 5.56 Å². The number of aryl methyl sites for hydroxylation is 2. The van der Waals surface area contributed by atoms with Crippen molar-refractivity contribution in [1.29, 1.82) is 0 Å². The van der Waals surface area contributed by atoms with Gasteiger partial charge in [0.05, 0.1) is 35.5 Å². The number of pyridine rings is 1. The summed E-state index contributed by atoms with van der Waals surface area (Å²) in [4.78, 5) is 17.5. The number of aromatic nitrogens is 2. The molecule has 0 saturated heterocycles. The van der Waals surface area contributed by atoms with E-state index < -0.39 is 35.9 Å². The van der Waals surface area contributed by atoms with Crippen molar-refractivity contribution < 1.29 is 28.5 Å². The summed E-state index contributed by atoms with van der Waals surface area (Å²) >= 11 is 0. The zero-order valence-electron chi connectivity index (χ0n) is 21.8. The first-order valence-corrected chi connectivity index (χ1v) is 12.0. The Kier molecular flexibility index (Phi) is 7.13. The van der Waals surface area contributed by atoms with E-state index in [4.69, 9.17) is 4.42 Å². The van der Waals surface area contributed by atoms with Crippen molar-refractivity contribution in [2.45, 2.75) is 45.6 Å². The van der Waals surface area contributed by atoms with E-state index in [1.807, 2.05) is 26.0 Å². The molecule has 2 aromatic carbocycles. The number of rotatable bonds is 7. The molecule has 0 fully saturated rings. The van der Waals surface area contributed by atoms with Crippen molar-refractivity contribution >= 4 is 0 Å². The molecule has 0 atom stereocenters. The van der Waals surface area contributed by atoms with E-state index >= 15 is 0 Å². The maximum atomic E-state index is 14.8. The van der Waals surface area contributed by atoms with E-state index in [0.29, 0.717) is 16.8 Å². The molecule has 7 nitrogen and oxygen atoms in total. The van der Waals surface area contributed by atoms with Gasteiger partial charge in [0.2, 0.25) is 5.89 Å². The second-order valence-electron chi connectivity index (χ2n) is 10.3. The molecule has 2 aromatic heterocycles. The average Bonchev–Trinajstić information content (AvgIpc) is 3.29. The third-order valence-electron chi connectivity index (χ3n) is 6.64. The number of hydrogen-bond donors (Lipinski definition) is 3. The summed E-state index contributed by atoms with van der Waals surface area (Å²) in [5, 5.41) is 30.2. The zero-order chi connectivity index (χ0) is 28.0. The largest absolute Gasteiger partial charge is 0.439 e. The maximum absolute atomic E-state index is 14.8. The Bertz CT molecular complexity index is 1540. The van der Waals surface area contributed by atoms with E-state index in [1.165, 1.54) is 29.7 Å². The number of halogens is 2. The van der Waals surface area contributed by atoms with E-state index in [2.05, 4.69) is 4.98 Å². The van der Waals surface area contributed by atoms with Crippen LogP contribution in [0.2, 0.25) is 0 Å². The van der Waals surface area contributed by atoms with Gasteiger partial charge in [0.25, 0.3) is 5.56 Å². The van der Waals surface area contributed by atoms with E-state index in [-0.39, 0.29) is 28.5 Å². The predicted molar refractivity (Wildman–Crippen MR) is 139 cm³/mol. The smallest absolute Gasteiger partial charge is 0.255 e. The minimum absolute atomic E-state index is 0.0401. The van der Waals surface area contributed by atoms with Crippen LogP contribution in [-0.2, 0) is 11.0 Å². The summed E-state index contributed by atoms with van der Waals surface area (Å²) in [6, 6.07) is 9.49. The Morgan fingerprint density at radius 1 is 0.974 bits per heavy atom. The molecule has 0 radical (unpaired) electrons. The highest BCUT2D eigenvalue weighted by atomic mass is 19.1. The van der Waals surface area contributed by atoms with Crippen molar-refractivity contribution in [3.63, 3.8) is 0 Å². The van der Waals surface area contributed by atoms with Crippen LogP contribution >= 0.6 is 0 Å². The normalized spacial score (nSPS) is 12.3. The first-order chi connectivity index (χ1) is 17.8. The van der Waals surface area contributed by atoms with Crippen molar-refractivity contribution in [3.05, 3.63) is 93.2 Å². The molecule has 0 amide bonds. The fourth-order valence-electron chi connectivity index (χ4n) is 4.31. The van der Waals surface area contributed by atoms with Gasteiger partial charge in [-0.1, -0.05) is 12.1 Å². The van der Waals surface area contributed by atoms with Gasteiger partial charge < -0.3 is 19.7 Å². The lowest BCUT2D eigenvalue weighted by molar-refractivity contribution is 0.0784. The number of hydrogen-bond acceptors (Lipinski definition) is 6. The van der Waals surface area contributed by atoms with Crippen LogP contribution in [0.5, 0.6) is 0 Å². The molecule has 38 heavy (non-hydrogen) atoms. The van der Waals surface area contributed by atoms with Gasteiger partial charge in [-0.3, -0.25) is 9.36 Å². The Morgan fingerprint density at radius 2 is 1.61 bits per heavy atom. The van der Waals surface area contributed by atoms with Crippen LogP contribution in [0.3, 0.4) is 0 Å². The highest BCUT2D eigenvalue weighted by molar-refractivity contribution is 5.77. The molecule has 4 rings (SSSR count). The lowest BCUT2D eigenvalue weighted by Gasteiger charge is -2.22. The van der Waals surface area contributed by atoms with Gasteiger partial charge in [0, 0.05) is 23.9 Å². The molecule has 3 N–H and O–H groups in total. The Labute approximate surface area is 218 Å². The molecule has 2 heterocycles. The molecule has 0 spiro atoms. The monoisotopic (exact) mass is 524 g/mol. The van der Waals surface area contributed by atoms with Crippen molar-refractivity contribution in [3.8, 4) is 28.3 Å². The van der Waals surface area contributed by atoms with Crippen molar-refractivity contribution in [1.82, 2.24) is 9.55 Å². The summed E-state index contributed by atoms with van der Waals surface area (Å²) in [5.74, 6) is -1.74. The first kappa shape index (κ1) is 27.4. The standard InChI is InChI=1S/C29H30F2N2O5/c1-16-10-19(28(3,4)37)11-17(2)25(16)33-13-18(6-9-23(33)36)24-26(21-8-7-20(30)12-22(21)31)38-27(32-24)29(5,14-34)15-35/h6-13,34-35,37H,14-15H2,1-5H3. The number of benzene rings is 2. The quantitative estimate of drug-likeness (QED) is 0.328. The fourth-order valence-corrected chi connectivity index (χ4v) is 4.31. The van der Waals surface area contributed by atoms with Crippen LogP contribution in [0.15, 0.2) is 57.9 Å². The fraction of sp³-hybridized carbons (Fsp3) is 0.310. The zero-order valence-corrected chi connectivity index (χ0v) is 21.8. The van der Waals surface area contributed by atoms with Gasteiger partial charge in [0.15, 0.2) is 5.76 Å². The second-order valence-corrected chi connectivity index (χ2v) is 10.3. The minimum atomic E-state index is -1.28. The van der Waals surface area contributed by atoms with Crippen molar-refractivity contribution in [2.75, 3.05) is 13.2 Å². The van der Waals surface area contributed by atoms with Gasteiger partial charge in [0.1, 0.15) is 17.3 Å². The van der Waals surface area contributed by atoms with Crippen LogP contribution in [-0.4, -0.2) is 38.1 Å². The number of nitrogens with zero attached hydrogens (tertiary/aromatic N) is 2. The second kappa shape index (κ2) is 9.90. The Morgan fingerprint density at radius 3 is 2.16 bits per heavy atom. The molecule has 0 saturated carbocycles. The molecular weight excluding hydrogens is 494 g/mol. The third kappa shape index (κ3) is 4.92. The van der Waals surface area contributed by atoms with Gasteiger partial charge >= 0.3 is 0 Å². The van der Waals surface area contributed by atoms with Crippen LogP contribution in [0.25, 0.3) is 28.3 Å². The predicted octanol–water partition coefficient (Wildman–Crippen LogP) is 4.52. The molecule has 4 aromatic rings. The van der Waals surface area contributed by atoms with Crippen molar-refractivity contribution in [2.24, 2.45) is 0 Å². The topological polar surface area (TPSA) is 109 Å². The molecule has 0 aliphatic carbocycles. The summed E-state index contributed by atoms with van der Waals surface area (Å²) in [6.07, 6.45) is 1.54. The minimum Gasteiger partial charge on any atom is -0.439 e. The number of aliphatic hydroxyl groups is 3. The molecular formula is C29H30F2N2O5. The van der Waals surface area contributed by atoms with Gasteiger partial charge in [-0.15, -0.1) is 0 Å². The SMILES string of the molecule is Cc1cc(C(C)(C)O)cc(C)c1-n1cc(-c2nc(C(C)(CO)CO)oc2-c2ccc(F)cc2F)ccc1=O. The van der Waals surface area contributed by atoms with Gasteiger partial charge in [-0.05, 0) is 69.5 Å². The first-order valence-electron chi connectivity index (χ1n) is 12.0. The summed E-state index contributed by atoms with van der Waals surface area (Å²) < 4.78 is 35.8. The van der Waals surface area contributed by atoms with E-state index in [1.54, 1.807) is 20.0 Å². The molecule has 0 bridgehead atoms. The van der Waals surface area contributed by atoms with E-state index in [9.17, 15) is 28.9 Å². The Balaban J connectivity index is 1.97. The van der Waals surface area contributed by atoms with Crippen LogP contribution in [0, 0.1) is 25.5 Å². The molecule has 9 heteroatoms. The van der Waals surface area contributed by atoms with Crippen LogP contribution in [0.4, 0.5) is 8.78 Å². The molecule has 0 aliphatic heterocycles. The summed E-state index contributed by atoms with van der Waals surface area (Å²) in [6.45, 7) is 7.55.